The molecule has 1 saturated heterocycles. The van der Waals surface area contributed by atoms with Crippen LogP contribution in [0.25, 0.3) is 0 Å². The Kier molecular flexibility index (Phi) is 6.24. The van der Waals surface area contributed by atoms with Crippen LogP contribution in [0.5, 0.6) is 0 Å². The Bertz CT molecular complexity index is 716. The normalized spacial score (nSPS) is 14.2. The smallest absolute Gasteiger partial charge is 0.325 e. The Hall–Kier alpha value is -2.13. The molecule has 0 bridgehead atoms. The molecule has 0 unspecified atom stereocenters. The summed E-state index contributed by atoms with van der Waals surface area (Å²) in [6.07, 6.45) is 3.37. The van der Waals surface area contributed by atoms with Gasteiger partial charge in [0.2, 0.25) is 11.0 Å². The lowest BCUT2D eigenvalue weighted by molar-refractivity contribution is -0.129. The first-order chi connectivity index (χ1) is 12.2. The van der Waals surface area contributed by atoms with Gasteiger partial charge in [0.1, 0.15) is 0 Å². The Balaban J connectivity index is 1.45. The van der Waals surface area contributed by atoms with Gasteiger partial charge in [-0.15, -0.1) is 10.2 Å². The van der Waals surface area contributed by atoms with Crippen molar-refractivity contribution in [1.82, 2.24) is 15.1 Å². The van der Waals surface area contributed by atoms with Gasteiger partial charge in [0.25, 0.3) is 0 Å². The number of hydrogen-bond acceptors (Lipinski definition) is 6. The van der Waals surface area contributed by atoms with Crippen molar-refractivity contribution >= 4 is 45.9 Å². The van der Waals surface area contributed by atoms with E-state index in [0.29, 0.717) is 20.9 Å². The molecule has 2 aromatic rings. The number of benzene rings is 1. The van der Waals surface area contributed by atoms with Gasteiger partial charge in [-0.3, -0.25) is 10.1 Å². The van der Waals surface area contributed by atoms with Crippen LogP contribution < -0.4 is 10.6 Å². The fraction of sp³-hybridized carbons (Fsp3) is 0.375. The highest BCUT2D eigenvalue weighted by Crippen LogP contribution is 2.26. The van der Waals surface area contributed by atoms with Crippen molar-refractivity contribution in [2.24, 2.45) is 0 Å². The number of piperidine rings is 1. The maximum atomic E-state index is 12.1. The quantitative estimate of drug-likeness (QED) is 0.617. The molecule has 2 N–H and O–H groups in total. The molecule has 0 saturated carbocycles. The number of likely N-dealkylation sites (tertiary alicyclic amines) is 1. The van der Waals surface area contributed by atoms with E-state index in [1.807, 2.05) is 23.1 Å². The van der Waals surface area contributed by atoms with Crippen molar-refractivity contribution in [1.29, 1.82) is 0 Å². The number of urea groups is 1. The number of nitrogens with one attached hydrogen (secondary N) is 2. The highest BCUT2D eigenvalue weighted by molar-refractivity contribution is 8.01. The lowest BCUT2D eigenvalue weighted by atomic mass is 10.1. The Morgan fingerprint density at radius 2 is 1.84 bits per heavy atom. The standard InChI is InChI=1S/C16H19N5O2S2/c22-13(21-9-5-2-6-10-21)11-24-16-20-19-15(25-16)18-14(23)17-12-7-3-1-4-8-12/h1,3-4,7-8H,2,5-6,9-11H2,(H2,17,18,19,23). The molecule has 0 aliphatic carbocycles. The van der Waals surface area contributed by atoms with Gasteiger partial charge in [-0.25, -0.2) is 4.79 Å². The van der Waals surface area contributed by atoms with Crippen LogP contribution in [0.2, 0.25) is 0 Å². The Morgan fingerprint density at radius 1 is 1.08 bits per heavy atom. The Labute approximate surface area is 154 Å². The number of carbonyl (C=O) groups is 2. The average Bonchev–Trinajstić information content (AvgIpc) is 3.08. The number of aromatic nitrogens is 2. The van der Waals surface area contributed by atoms with Crippen LogP contribution in [0.1, 0.15) is 19.3 Å². The van der Waals surface area contributed by atoms with Crippen molar-refractivity contribution in [3.63, 3.8) is 0 Å². The summed E-state index contributed by atoms with van der Waals surface area (Å²) in [7, 11) is 0. The van der Waals surface area contributed by atoms with Gasteiger partial charge in [-0.2, -0.15) is 0 Å². The molecule has 0 radical (unpaired) electrons. The topological polar surface area (TPSA) is 87.2 Å². The van der Waals surface area contributed by atoms with Crippen LogP contribution in [0.15, 0.2) is 34.7 Å². The minimum Gasteiger partial charge on any atom is -0.342 e. The van der Waals surface area contributed by atoms with E-state index < -0.39 is 0 Å². The molecule has 1 aromatic carbocycles. The second-order valence-electron chi connectivity index (χ2n) is 5.55. The first kappa shape index (κ1) is 17.7. The summed E-state index contributed by atoms with van der Waals surface area (Å²) in [6.45, 7) is 1.70. The van der Waals surface area contributed by atoms with Gasteiger partial charge in [0.05, 0.1) is 5.75 Å². The van der Waals surface area contributed by atoms with Crippen molar-refractivity contribution in [3.05, 3.63) is 30.3 Å². The van der Waals surface area contributed by atoms with Crippen LogP contribution in [-0.4, -0.2) is 45.9 Å². The molecule has 25 heavy (non-hydrogen) atoms. The largest absolute Gasteiger partial charge is 0.342 e. The molecule has 1 aliphatic heterocycles. The van der Waals surface area contributed by atoms with Crippen molar-refractivity contribution in [2.45, 2.75) is 23.6 Å². The number of hydrogen-bond donors (Lipinski definition) is 2. The summed E-state index contributed by atoms with van der Waals surface area (Å²) >= 11 is 2.61. The minimum atomic E-state index is -0.372. The molecule has 1 fully saturated rings. The molecule has 7 nitrogen and oxygen atoms in total. The predicted octanol–water partition coefficient (Wildman–Crippen LogP) is 3.29. The summed E-state index contributed by atoms with van der Waals surface area (Å²) < 4.78 is 0.667. The number of para-hydroxylation sites is 1. The van der Waals surface area contributed by atoms with Gasteiger partial charge < -0.3 is 10.2 Å². The van der Waals surface area contributed by atoms with Gasteiger partial charge in [0.15, 0.2) is 4.34 Å². The fourth-order valence-corrected chi connectivity index (χ4v) is 4.11. The van der Waals surface area contributed by atoms with E-state index in [1.54, 1.807) is 12.1 Å². The SMILES string of the molecule is O=C(Nc1ccccc1)Nc1nnc(SCC(=O)N2CCCCC2)s1. The average molecular weight is 377 g/mol. The molecular formula is C16H19N5O2S2. The summed E-state index contributed by atoms with van der Waals surface area (Å²) in [5.74, 6) is 0.487. The van der Waals surface area contributed by atoms with E-state index >= 15 is 0 Å². The third kappa shape index (κ3) is 5.43. The molecule has 2 heterocycles. The second kappa shape index (κ2) is 8.82. The predicted molar refractivity (Wildman–Crippen MR) is 100 cm³/mol. The number of nitrogens with zero attached hydrogens (tertiary/aromatic N) is 3. The molecule has 1 aromatic heterocycles. The molecule has 132 valence electrons. The molecule has 9 heteroatoms. The number of carbonyl (C=O) groups excluding carboxylic acids is 2. The van der Waals surface area contributed by atoms with E-state index in [4.69, 9.17) is 0 Å². The third-order valence-electron chi connectivity index (χ3n) is 3.69. The van der Waals surface area contributed by atoms with Gasteiger partial charge in [-0.05, 0) is 31.4 Å². The van der Waals surface area contributed by atoms with Crippen LogP contribution >= 0.6 is 23.1 Å². The van der Waals surface area contributed by atoms with Crippen molar-refractivity contribution in [3.8, 4) is 0 Å². The monoisotopic (exact) mass is 377 g/mol. The number of anilines is 2. The maximum absolute atomic E-state index is 12.1. The highest BCUT2D eigenvalue weighted by atomic mass is 32.2. The second-order valence-corrected chi connectivity index (χ2v) is 7.75. The third-order valence-corrected chi connectivity index (χ3v) is 5.64. The van der Waals surface area contributed by atoms with Crippen molar-refractivity contribution in [2.75, 3.05) is 29.5 Å². The zero-order valence-corrected chi connectivity index (χ0v) is 15.2. The maximum Gasteiger partial charge on any atom is 0.325 e. The lowest BCUT2D eigenvalue weighted by Crippen LogP contribution is -2.36. The summed E-state index contributed by atoms with van der Waals surface area (Å²) in [6, 6.07) is 8.79. The highest BCUT2D eigenvalue weighted by Gasteiger charge is 2.17. The van der Waals surface area contributed by atoms with E-state index in [0.717, 1.165) is 25.9 Å². The molecular weight excluding hydrogens is 358 g/mol. The zero-order chi connectivity index (χ0) is 17.5. The summed E-state index contributed by atoms with van der Waals surface area (Å²) in [5.41, 5.74) is 0.700. The molecule has 0 spiro atoms. The van der Waals surface area contributed by atoms with Crippen LogP contribution in [0, 0.1) is 0 Å². The number of rotatable bonds is 5. The van der Waals surface area contributed by atoms with Gasteiger partial charge >= 0.3 is 6.03 Å². The summed E-state index contributed by atoms with van der Waals surface area (Å²) in [4.78, 5) is 26.0. The van der Waals surface area contributed by atoms with E-state index in [-0.39, 0.29) is 11.9 Å². The van der Waals surface area contributed by atoms with E-state index in [1.165, 1.54) is 29.5 Å². The van der Waals surface area contributed by atoms with Crippen LogP contribution in [0.4, 0.5) is 15.6 Å². The van der Waals surface area contributed by atoms with Gasteiger partial charge in [0, 0.05) is 18.8 Å². The minimum absolute atomic E-state index is 0.135. The summed E-state index contributed by atoms with van der Waals surface area (Å²) in [5, 5.41) is 13.7. The van der Waals surface area contributed by atoms with Gasteiger partial charge in [-0.1, -0.05) is 41.3 Å². The molecule has 1 aliphatic rings. The lowest BCUT2D eigenvalue weighted by Gasteiger charge is -2.26. The molecule has 0 atom stereocenters. The first-order valence-corrected chi connectivity index (χ1v) is 9.88. The number of thioether (sulfide) groups is 1. The molecule has 3 amide bonds. The van der Waals surface area contributed by atoms with E-state index in [9.17, 15) is 9.59 Å². The Morgan fingerprint density at radius 3 is 2.60 bits per heavy atom. The zero-order valence-electron chi connectivity index (χ0n) is 13.6. The van der Waals surface area contributed by atoms with Crippen LogP contribution in [0.3, 0.4) is 0 Å². The fourth-order valence-electron chi connectivity index (χ4n) is 2.46. The first-order valence-electron chi connectivity index (χ1n) is 8.08. The number of amides is 3. The molecule has 3 rings (SSSR count). The van der Waals surface area contributed by atoms with E-state index in [2.05, 4.69) is 20.8 Å². The van der Waals surface area contributed by atoms with Crippen molar-refractivity contribution < 1.29 is 9.59 Å². The van der Waals surface area contributed by atoms with Crippen LogP contribution in [-0.2, 0) is 4.79 Å².